The Labute approximate surface area is 418 Å². The minimum atomic E-state index is -0.794. The van der Waals surface area contributed by atoms with Crippen LogP contribution in [0.15, 0.2) is 122 Å². The second-order valence-electron chi connectivity index (χ2n) is 17.8. The van der Waals surface area contributed by atoms with Gasteiger partial charge in [-0.25, -0.2) is 0 Å². The van der Waals surface area contributed by atoms with E-state index in [-0.39, 0.29) is 31.1 Å². The van der Waals surface area contributed by atoms with Gasteiger partial charge in [-0.3, -0.25) is 14.4 Å². The number of rotatable bonds is 48. The summed E-state index contributed by atoms with van der Waals surface area (Å²) in [6.45, 7) is 6.40. The van der Waals surface area contributed by atoms with Crippen LogP contribution in [0.5, 0.6) is 0 Å². The molecule has 0 aliphatic heterocycles. The maximum atomic E-state index is 12.7. The molecule has 0 fully saturated rings. The van der Waals surface area contributed by atoms with Crippen LogP contribution in [0.25, 0.3) is 0 Å². The number of allylic oxidation sites excluding steroid dienone is 20. The van der Waals surface area contributed by atoms with Gasteiger partial charge in [-0.15, -0.1) is 0 Å². The van der Waals surface area contributed by atoms with Crippen LogP contribution < -0.4 is 0 Å². The average Bonchev–Trinajstić information content (AvgIpc) is 3.34. The molecule has 0 spiro atoms. The van der Waals surface area contributed by atoms with Gasteiger partial charge in [0.05, 0.1) is 0 Å². The molecule has 384 valence electrons. The number of esters is 3. The van der Waals surface area contributed by atoms with E-state index in [9.17, 15) is 14.4 Å². The minimum absolute atomic E-state index is 0.0936. The molecular weight excluding hydrogens is 841 g/mol. The predicted molar refractivity (Wildman–Crippen MR) is 293 cm³/mol. The van der Waals surface area contributed by atoms with E-state index in [1.807, 2.05) is 0 Å². The Hall–Kier alpha value is -4.19. The highest BCUT2D eigenvalue weighted by atomic mass is 16.6. The molecule has 0 rings (SSSR count). The quantitative estimate of drug-likeness (QED) is 0.0262. The molecule has 68 heavy (non-hydrogen) atoms. The van der Waals surface area contributed by atoms with Gasteiger partial charge in [0.1, 0.15) is 13.2 Å². The second-order valence-corrected chi connectivity index (χ2v) is 17.8. The number of hydrogen-bond acceptors (Lipinski definition) is 6. The zero-order valence-corrected chi connectivity index (χ0v) is 43.8. The predicted octanol–water partition coefficient (Wildman–Crippen LogP) is 18.5. The van der Waals surface area contributed by atoms with Crippen LogP contribution >= 0.6 is 0 Å². The molecule has 1 atom stereocenters. The van der Waals surface area contributed by atoms with Crippen LogP contribution in [0, 0.1) is 0 Å². The van der Waals surface area contributed by atoms with Gasteiger partial charge in [-0.05, 0) is 116 Å². The van der Waals surface area contributed by atoms with Crippen molar-refractivity contribution in [1.82, 2.24) is 0 Å². The maximum Gasteiger partial charge on any atom is 0.306 e. The van der Waals surface area contributed by atoms with E-state index in [0.29, 0.717) is 19.3 Å². The summed E-state index contributed by atoms with van der Waals surface area (Å²) in [6, 6.07) is 0. The Balaban J connectivity index is 4.24. The molecule has 0 aromatic rings. The largest absolute Gasteiger partial charge is 0.462 e. The van der Waals surface area contributed by atoms with Gasteiger partial charge in [0.15, 0.2) is 6.10 Å². The van der Waals surface area contributed by atoms with Crippen molar-refractivity contribution in [3.63, 3.8) is 0 Å². The molecule has 0 aliphatic carbocycles. The van der Waals surface area contributed by atoms with Gasteiger partial charge in [-0.1, -0.05) is 219 Å². The van der Waals surface area contributed by atoms with Crippen LogP contribution in [0.2, 0.25) is 0 Å². The summed E-state index contributed by atoms with van der Waals surface area (Å²) in [4.78, 5) is 37.8. The summed E-state index contributed by atoms with van der Waals surface area (Å²) in [5.41, 5.74) is 0. The summed E-state index contributed by atoms with van der Waals surface area (Å²) in [5, 5.41) is 0. The minimum Gasteiger partial charge on any atom is -0.462 e. The zero-order valence-electron chi connectivity index (χ0n) is 43.8. The fourth-order valence-electron chi connectivity index (χ4n) is 7.07. The maximum absolute atomic E-state index is 12.7. The summed E-state index contributed by atoms with van der Waals surface area (Å²) in [6.07, 6.45) is 76.4. The first-order valence-corrected chi connectivity index (χ1v) is 27.5. The van der Waals surface area contributed by atoms with Crippen molar-refractivity contribution in [3.8, 4) is 0 Å². The number of ether oxygens (including phenoxy) is 3. The molecule has 0 radical (unpaired) electrons. The van der Waals surface area contributed by atoms with Crippen LogP contribution in [0.3, 0.4) is 0 Å². The van der Waals surface area contributed by atoms with Crippen molar-refractivity contribution >= 4 is 17.9 Å². The van der Waals surface area contributed by atoms with Crippen molar-refractivity contribution in [2.75, 3.05) is 13.2 Å². The van der Waals surface area contributed by atoms with E-state index in [0.717, 1.165) is 135 Å². The van der Waals surface area contributed by atoms with Gasteiger partial charge >= 0.3 is 17.9 Å². The lowest BCUT2D eigenvalue weighted by Crippen LogP contribution is -2.30. The Morgan fingerprint density at radius 1 is 0.309 bits per heavy atom. The monoisotopic (exact) mass is 941 g/mol. The fourth-order valence-corrected chi connectivity index (χ4v) is 7.07. The lowest BCUT2D eigenvalue weighted by atomic mass is 10.1. The zero-order chi connectivity index (χ0) is 49.3. The molecule has 0 aromatic carbocycles. The van der Waals surface area contributed by atoms with Crippen LogP contribution in [-0.2, 0) is 28.6 Å². The van der Waals surface area contributed by atoms with E-state index < -0.39 is 6.10 Å². The normalized spacial score (nSPS) is 13.0. The SMILES string of the molecule is CC/C=C\C/C=C\C/C=C\C/C=C\C/C=C\C/C=C\C/C=C\C/C=C\C/C=C\CCCCCC(=O)OCC(COC(=O)CCCCCCCCC)OC(=O)CCCCCCC/C=C\CCCCC. The summed E-state index contributed by atoms with van der Waals surface area (Å²) in [7, 11) is 0. The Kier molecular flexibility index (Phi) is 52.0. The molecule has 6 nitrogen and oxygen atoms in total. The second kappa shape index (κ2) is 55.4. The molecule has 0 bridgehead atoms. The van der Waals surface area contributed by atoms with E-state index in [2.05, 4.69) is 142 Å². The van der Waals surface area contributed by atoms with Crippen LogP contribution in [0.1, 0.15) is 233 Å². The summed E-state index contributed by atoms with van der Waals surface area (Å²) >= 11 is 0. The smallest absolute Gasteiger partial charge is 0.306 e. The highest BCUT2D eigenvalue weighted by molar-refractivity contribution is 5.71. The molecular formula is C62H100O6. The van der Waals surface area contributed by atoms with Gasteiger partial charge in [0.25, 0.3) is 0 Å². The van der Waals surface area contributed by atoms with E-state index in [1.54, 1.807) is 0 Å². The van der Waals surface area contributed by atoms with E-state index >= 15 is 0 Å². The lowest BCUT2D eigenvalue weighted by molar-refractivity contribution is -0.167. The first kappa shape index (κ1) is 63.8. The number of carbonyl (C=O) groups excluding carboxylic acids is 3. The highest BCUT2D eigenvalue weighted by Crippen LogP contribution is 2.13. The molecule has 0 N–H and O–H groups in total. The van der Waals surface area contributed by atoms with Gasteiger partial charge in [0, 0.05) is 19.3 Å². The molecule has 6 heteroatoms. The van der Waals surface area contributed by atoms with Crippen molar-refractivity contribution < 1.29 is 28.6 Å². The first-order chi connectivity index (χ1) is 33.5. The topological polar surface area (TPSA) is 78.9 Å². The summed E-state index contributed by atoms with van der Waals surface area (Å²) in [5.74, 6) is -0.951. The van der Waals surface area contributed by atoms with Crippen molar-refractivity contribution in [2.45, 2.75) is 239 Å². The van der Waals surface area contributed by atoms with Gasteiger partial charge in [-0.2, -0.15) is 0 Å². The molecule has 0 amide bonds. The third-order valence-electron chi connectivity index (χ3n) is 11.2. The molecule has 0 heterocycles. The van der Waals surface area contributed by atoms with Crippen LogP contribution in [0.4, 0.5) is 0 Å². The molecule has 0 saturated heterocycles. The first-order valence-electron chi connectivity index (χ1n) is 27.5. The fraction of sp³-hybridized carbons (Fsp3) is 0.629. The third-order valence-corrected chi connectivity index (χ3v) is 11.2. The number of carbonyl (C=O) groups is 3. The summed E-state index contributed by atoms with van der Waals surface area (Å²) < 4.78 is 16.7. The number of hydrogen-bond donors (Lipinski definition) is 0. The number of unbranched alkanes of at least 4 members (excludes halogenated alkanes) is 17. The highest BCUT2D eigenvalue weighted by Gasteiger charge is 2.19. The standard InChI is InChI=1S/C62H100O6/c1-4-7-10-13-16-18-20-22-23-24-25-26-27-28-29-30-31-32-33-34-35-36-37-38-39-40-42-43-46-49-52-55-61(64)67-58-59(57-66-60(63)54-51-48-45-15-12-9-6-3)68-62(65)56-53-50-47-44-41-21-19-17-14-11-8-5-2/h7,10,16-19,22-23,25-26,28-29,31-32,34-35,37-38,40,42,59H,4-6,8-9,11-15,20-21,24,27,30,33,36,39,41,43-58H2,1-3H3/b10-7-,18-16-,19-17-,23-22-,26-25-,29-28-,32-31-,35-34-,38-37-,42-40-. The van der Waals surface area contributed by atoms with Gasteiger partial charge in [0.2, 0.25) is 0 Å². The third kappa shape index (κ3) is 52.8. The molecule has 0 aliphatic rings. The van der Waals surface area contributed by atoms with E-state index in [1.165, 1.54) is 57.8 Å². The van der Waals surface area contributed by atoms with Crippen molar-refractivity contribution in [3.05, 3.63) is 122 Å². The molecule has 0 saturated carbocycles. The average molecular weight is 941 g/mol. The van der Waals surface area contributed by atoms with Crippen molar-refractivity contribution in [2.24, 2.45) is 0 Å². The molecule has 0 aromatic heterocycles. The Morgan fingerprint density at radius 3 is 0.956 bits per heavy atom. The lowest BCUT2D eigenvalue weighted by Gasteiger charge is -2.18. The van der Waals surface area contributed by atoms with Crippen LogP contribution in [-0.4, -0.2) is 37.2 Å². The molecule has 1 unspecified atom stereocenters. The van der Waals surface area contributed by atoms with E-state index in [4.69, 9.17) is 14.2 Å². The van der Waals surface area contributed by atoms with Crippen molar-refractivity contribution in [1.29, 1.82) is 0 Å². The van der Waals surface area contributed by atoms with Gasteiger partial charge < -0.3 is 14.2 Å². The Bertz CT molecular complexity index is 1450. The Morgan fingerprint density at radius 2 is 0.574 bits per heavy atom.